The molecule has 0 fully saturated rings. The number of thiol groups is 1. The summed E-state index contributed by atoms with van der Waals surface area (Å²) < 4.78 is 6.04. The van der Waals surface area contributed by atoms with Crippen LogP contribution in [0.3, 0.4) is 0 Å². The Morgan fingerprint density at radius 2 is 2.28 bits per heavy atom. The largest absolute Gasteiger partial charge is 0.375 e. The lowest BCUT2D eigenvalue weighted by Crippen LogP contribution is -2.27. The van der Waals surface area contributed by atoms with Crippen molar-refractivity contribution in [1.82, 2.24) is 5.32 Å². The minimum atomic E-state index is -0.142. The molecule has 0 aromatic heterocycles. The minimum absolute atomic E-state index is 0.142. The van der Waals surface area contributed by atoms with Crippen LogP contribution in [-0.2, 0) is 4.74 Å². The fourth-order valence-corrected chi connectivity index (χ4v) is 1.90. The second-order valence-corrected chi connectivity index (χ2v) is 5.30. The molecule has 98 valence electrons. The average molecular weight is 330 g/mol. The summed E-state index contributed by atoms with van der Waals surface area (Å²) in [6, 6.07) is 5.34. The SMILES string of the molecule is C=C(C)COCCNC(=O)c1cc(S)ccc1Br. The maximum atomic E-state index is 11.9. The molecular weight excluding hydrogens is 314 g/mol. The lowest BCUT2D eigenvalue weighted by molar-refractivity contribution is 0.0926. The quantitative estimate of drug-likeness (QED) is 0.478. The van der Waals surface area contributed by atoms with Crippen LogP contribution in [0.4, 0.5) is 0 Å². The van der Waals surface area contributed by atoms with Gasteiger partial charge in [0.25, 0.3) is 5.91 Å². The third kappa shape index (κ3) is 5.25. The molecule has 3 nitrogen and oxygen atoms in total. The van der Waals surface area contributed by atoms with Gasteiger partial charge in [-0.1, -0.05) is 12.2 Å². The Bertz CT molecular complexity index is 449. The molecule has 0 aliphatic carbocycles. The zero-order valence-corrected chi connectivity index (χ0v) is 12.7. The Balaban J connectivity index is 2.41. The van der Waals surface area contributed by atoms with Crippen LogP contribution in [0.1, 0.15) is 17.3 Å². The van der Waals surface area contributed by atoms with Gasteiger partial charge >= 0.3 is 0 Å². The van der Waals surface area contributed by atoms with Gasteiger partial charge in [-0.05, 0) is 41.1 Å². The van der Waals surface area contributed by atoms with Gasteiger partial charge in [-0.25, -0.2) is 0 Å². The second-order valence-electron chi connectivity index (χ2n) is 3.93. The molecule has 0 heterocycles. The van der Waals surface area contributed by atoms with E-state index in [1.165, 1.54) is 0 Å². The Labute approximate surface area is 121 Å². The predicted octanol–water partition coefficient (Wildman–Crippen LogP) is 3.06. The summed E-state index contributed by atoms with van der Waals surface area (Å²) in [4.78, 5) is 12.6. The molecule has 1 rings (SSSR count). The van der Waals surface area contributed by atoms with Crippen LogP contribution in [0.2, 0.25) is 0 Å². The van der Waals surface area contributed by atoms with E-state index < -0.39 is 0 Å². The summed E-state index contributed by atoms with van der Waals surface area (Å²) >= 11 is 7.54. The summed E-state index contributed by atoms with van der Waals surface area (Å²) in [6.07, 6.45) is 0. The van der Waals surface area contributed by atoms with Crippen LogP contribution in [0.15, 0.2) is 39.7 Å². The van der Waals surface area contributed by atoms with E-state index >= 15 is 0 Å². The highest BCUT2D eigenvalue weighted by Crippen LogP contribution is 2.19. The Hall–Kier alpha value is -0.780. The molecule has 0 atom stereocenters. The fourth-order valence-electron chi connectivity index (χ4n) is 1.27. The van der Waals surface area contributed by atoms with E-state index in [1.807, 2.05) is 13.0 Å². The van der Waals surface area contributed by atoms with Crippen molar-refractivity contribution in [3.05, 3.63) is 40.4 Å². The van der Waals surface area contributed by atoms with Gasteiger partial charge in [0.2, 0.25) is 0 Å². The van der Waals surface area contributed by atoms with Gasteiger partial charge in [0.05, 0.1) is 18.8 Å². The second kappa shape index (κ2) is 7.61. The minimum Gasteiger partial charge on any atom is -0.375 e. The first-order valence-electron chi connectivity index (χ1n) is 5.49. The zero-order valence-electron chi connectivity index (χ0n) is 10.2. The summed E-state index contributed by atoms with van der Waals surface area (Å²) in [5, 5.41) is 2.78. The molecule has 0 aliphatic heterocycles. The highest BCUT2D eigenvalue weighted by Gasteiger charge is 2.09. The predicted molar refractivity (Wildman–Crippen MR) is 79.4 cm³/mol. The third-order valence-electron chi connectivity index (χ3n) is 2.07. The highest BCUT2D eigenvalue weighted by atomic mass is 79.9. The van der Waals surface area contributed by atoms with Crippen molar-refractivity contribution in [2.45, 2.75) is 11.8 Å². The number of rotatable bonds is 6. The van der Waals surface area contributed by atoms with Crippen LogP contribution in [-0.4, -0.2) is 25.7 Å². The van der Waals surface area contributed by atoms with Crippen LogP contribution in [0, 0.1) is 0 Å². The van der Waals surface area contributed by atoms with E-state index in [-0.39, 0.29) is 5.91 Å². The molecule has 0 radical (unpaired) electrons. The lowest BCUT2D eigenvalue weighted by atomic mass is 10.2. The third-order valence-corrected chi connectivity index (χ3v) is 3.04. The summed E-state index contributed by atoms with van der Waals surface area (Å²) in [5.74, 6) is -0.142. The summed E-state index contributed by atoms with van der Waals surface area (Å²) in [6.45, 7) is 7.08. The van der Waals surface area contributed by atoms with Crippen LogP contribution in [0.25, 0.3) is 0 Å². The van der Waals surface area contributed by atoms with Gasteiger partial charge in [-0.15, -0.1) is 12.6 Å². The van der Waals surface area contributed by atoms with Gasteiger partial charge in [0.15, 0.2) is 0 Å². The maximum Gasteiger partial charge on any atom is 0.252 e. The average Bonchev–Trinajstić information content (AvgIpc) is 2.31. The van der Waals surface area contributed by atoms with Crippen LogP contribution >= 0.6 is 28.6 Å². The molecular formula is C13H16BrNO2S. The zero-order chi connectivity index (χ0) is 13.5. The molecule has 0 unspecified atom stereocenters. The molecule has 0 spiro atoms. The van der Waals surface area contributed by atoms with Crippen molar-refractivity contribution in [2.75, 3.05) is 19.8 Å². The number of carbonyl (C=O) groups is 1. The van der Waals surface area contributed by atoms with E-state index in [0.717, 1.165) is 14.9 Å². The molecule has 0 saturated heterocycles. The van der Waals surface area contributed by atoms with Crippen LogP contribution in [0.5, 0.6) is 0 Å². The number of nitrogens with one attached hydrogen (secondary N) is 1. The first-order chi connectivity index (χ1) is 8.50. The van der Waals surface area contributed by atoms with Gasteiger partial charge in [-0.3, -0.25) is 4.79 Å². The molecule has 0 saturated carbocycles. The van der Waals surface area contributed by atoms with E-state index in [9.17, 15) is 4.79 Å². The van der Waals surface area contributed by atoms with Crippen molar-refractivity contribution in [2.24, 2.45) is 0 Å². The van der Waals surface area contributed by atoms with Gasteiger partial charge in [0, 0.05) is 15.9 Å². The lowest BCUT2D eigenvalue weighted by Gasteiger charge is -2.08. The van der Waals surface area contributed by atoms with Crippen molar-refractivity contribution < 1.29 is 9.53 Å². The van der Waals surface area contributed by atoms with Crippen molar-refractivity contribution >= 4 is 34.5 Å². The molecule has 1 N–H and O–H groups in total. The molecule has 1 amide bonds. The monoisotopic (exact) mass is 329 g/mol. The Kier molecular flexibility index (Phi) is 6.46. The van der Waals surface area contributed by atoms with E-state index in [0.29, 0.717) is 25.3 Å². The molecule has 5 heteroatoms. The normalized spacial score (nSPS) is 10.2. The van der Waals surface area contributed by atoms with Crippen molar-refractivity contribution in [1.29, 1.82) is 0 Å². The first kappa shape index (κ1) is 15.3. The Morgan fingerprint density at radius 3 is 2.94 bits per heavy atom. The molecule has 0 bridgehead atoms. The Morgan fingerprint density at radius 1 is 1.56 bits per heavy atom. The summed E-state index contributed by atoms with van der Waals surface area (Å²) in [7, 11) is 0. The number of carbonyl (C=O) groups excluding carboxylic acids is 1. The van der Waals surface area contributed by atoms with E-state index in [1.54, 1.807) is 12.1 Å². The van der Waals surface area contributed by atoms with Crippen molar-refractivity contribution in [3.8, 4) is 0 Å². The van der Waals surface area contributed by atoms with Crippen LogP contribution < -0.4 is 5.32 Å². The topological polar surface area (TPSA) is 38.3 Å². The number of ether oxygens (including phenoxy) is 1. The molecule has 0 aliphatic rings. The van der Waals surface area contributed by atoms with Crippen molar-refractivity contribution in [3.63, 3.8) is 0 Å². The van der Waals surface area contributed by atoms with E-state index in [4.69, 9.17) is 4.74 Å². The standard InChI is InChI=1S/C13H16BrNO2S/c1-9(2)8-17-6-5-15-13(16)11-7-10(18)3-4-12(11)14/h3-4,7,18H,1,5-6,8H2,2H3,(H,15,16). The molecule has 18 heavy (non-hydrogen) atoms. The molecule has 1 aromatic carbocycles. The number of halogens is 1. The highest BCUT2D eigenvalue weighted by molar-refractivity contribution is 9.10. The van der Waals surface area contributed by atoms with Gasteiger partial charge in [-0.2, -0.15) is 0 Å². The number of hydrogen-bond donors (Lipinski definition) is 2. The number of benzene rings is 1. The number of hydrogen-bond acceptors (Lipinski definition) is 3. The first-order valence-corrected chi connectivity index (χ1v) is 6.73. The number of amides is 1. The van der Waals surface area contributed by atoms with Gasteiger partial charge in [0.1, 0.15) is 0 Å². The van der Waals surface area contributed by atoms with Gasteiger partial charge < -0.3 is 10.1 Å². The summed E-state index contributed by atoms with van der Waals surface area (Å²) in [5.41, 5.74) is 1.54. The fraction of sp³-hybridized carbons (Fsp3) is 0.308. The smallest absolute Gasteiger partial charge is 0.252 e. The maximum absolute atomic E-state index is 11.9. The molecule has 1 aromatic rings. The van der Waals surface area contributed by atoms with E-state index in [2.05, 4.69) is 40.5 Å².